The molecule has 0 saturated heterocycles. The normalized spacial score (nSPS) is 10.9. The molecular formula is C19H14N2. The van der Waals surface area contributed by atoms with Crippen molar-refractivity contribution < 1.29 is 0 Å². The van der Waals surface area contributed by atoms with Crippen LogP contribution in [-0.4, -0.2) is 10.2 Å². The van der Waals surface area contributed by atoms with Crippen LogP contribution in [0.4, 0.5) is 0 Å². The van der Waals surface area contributed by atoms with Crippen LogP contribution in [0.25, 0.3) is 33.0 Å². The van der Waals surface area contributed by atoms with Crippen molar-refractivity contribution in [3.63, 3.8) is 0 Å². The number of aromatic nitrogens is 2. The molecule has 0 saturated carbocycles. The molecule has 0 aliphatic heterocycles. The quantitative estimate of drug-likeness (QED) is 0.551. The minimum atomic E-state index is 1.11. The van der Waals surface area contributed by atoms with Gasteiger partial charge >= 0.3 is 0 Å². The van der Waals surface area contributed by atoms with Gasteiger partial charge < -0.3 is 0 Å². The van der Waals surface area contributed by atoms with Gasteiger partial charge in [0.25, 0.3) is 0 Å². The van der Waals surface area contributed by atoms with E-state index in [2.05, 4.69) is 70.9 Å². The van der Waals surface area contributed by atoms with Crippen LogP contribution in [0.2, 0.25) is 0 Å². The molecule has 0 aliphatic rings. The second-order valence-corrected chi connectivity index (χ2v) is 5.13. The molecule has 21 heavy (non-hydrogen) atoms. The predicted molar refractivity (Wildman–Crippen MR) is 87.0 cm³/mol. The van der Waals surface area contributed by atoms with E-state index in [9.17, 15) is 0 Å². The van der Waals surface area contributed by atoms with Crippen LogP contribution in [0.15, 0.2) is 79.1 Å². The minimum Gasteiger partial charge on any atom is -0.285 e. The molecule has 1 N–H and O–H groups in total. The molecule has 4 aromatic rings. The summed E-state index contributed by atoms with van der Waals surface area (Å²) in [5.74, 6) is 0. The van der Waals surface area contributed by atoms with E-state index in [1.54, 1.807) is 0 Å². The highest BCUT2D eigenvalue weighted by molar-refractivity contribution is 5.90. The molecule has 0 fully saturated rings. The number of hydrogen-bond donors (Lipinski definition) is 1. The van der Waals surface area contributed by atoms with Gasteiger partial charge in [0, 0.05) is 11.8 Å². The molecule has 0 aliphatic carbocycles. The molecule has 0 spiro atoms. The Hall–Kier alpha value is -2.87. The predicted octanol–water partition coefficient (Wildman–Crippen LogP) is 4.90. The first kappa shape index (κ1) is 11.9. The highest BCUT2D eigenvalue weighted by atomic mass is 15.1. The lowest BCUT2D eigenvalue weighted by Crippen LogP contribution is -1.80. The summed E-state index contributed by atoms with van der Waals surface area (Å²) in [6, 6.07) is 23.6. The molecule has 3 aromatic carbocycles. The van der Waals surface area contributed by atoms with Crippen molar-refractivity contribution in [3.05, 3.63) is 79.1 Å². The number of H-pyrrole nitrogens is 1. The average Bonchev–Trinajstić information content (AvgIpc) is 3.09. The molecule has 0 unspecified atom stereocenters. The molecule has 100 valence electrons. The van der Waals surface area contributed by atoms with Gasteiger partial charge in [0.05, 0.1) is 6.20 Å². The van der Waals surface area contributed by atoms with Crippen molar-refractivity contribution in [2.45, 2.75) is 0 Å². The Morgan fingerprint density at radius 3 is 1.90 bits per heavy atom. The zero-order valence-corrected chi connectivity index (χ0v) is 11.5. The number of nitrogens with one attached hydrogen (secondary N) is 1. The topological polar surface area (TPSA) is 28.7 Å². The van der Waals surface area contributed by atoms with E-state index in [4.69, 9.17) is 0 Å². The van der Waals surface area contributed by atoms with E-state index in [1.165, 1.54) is 27.5 Å². The Morgan fingerprint density at radius 2 is 1.29 bits per heavy atom. The van der Waals surface area contributed by atoms with Crippen molar-refractivity contribution in [2.75, 3.05) is 0 Å². The average molecular weight is 270 g/mol. The molecule has 0 amide bonds. The van der Waals surface area contributed by atoms with Gasteiger partial charge in [-0.15, -0.1) is 0 Å². The lowest BCUT2D eigenvalue weighted by atomic mass is 9.99. The summed E-state index contributed by atoms with van der Waals surface area (Å²) in [5, 5.41) is 9.36. The molecule has 2 nitrogen and oxygen atoms in total. The molecule has 0 bridgehead atoms. The van der Waals surface area contributed by atoms with Crippen LogP contribution in [0.3, 0.4) is 0 Å². The van der Waals surface area contributed by atoms with Gasteiger partial charge in [-0.05, 0) is 39.6 Å². The van der Waals surface area contributed by atoms with Crippen molar-refractivity contribution >= 4 is 10.8 Å². The maximum absolute atomic E-state index is 4.01. The summed E-state index contributed by atoms with van der Waals surface area (Å²) in [4.78, 5) is 0. The van der Waals surface area contributed by atoms with Crippen molar-refractivity contribution in [1.82, 2.24) is 10.2 Å². The molecule has 1 aromatic heterocycles. The summed E-state index contributed by atoms with van der Waals surface area (Å²) < 4.78 is 0. The fraction of sp³-hybridized carbons (Fsp3) is 0. The SMILES string of the molecule is c1ccc(-c2ccc3cc(-c4cn[nH]c4)ccc3c2)cc1. The Labute approximate surface area is 123 Å². The summed E-state index contributed by atoms with van der Waals surface area (Å²) in [6.45, 7) is 0. The molecule has 0 radical (unpaired) electrons. The Balaban J connectivity index is 1.81. The molecule has 0 atom stereocenters. The number of benzene rings is 3. The molecule has 4 rings (SSSR count). The van der Waals surface area contributed by atoms with Crippen LogP contribution in [-0.2, 0) is 0 Å². The van der Waals surface area contributed by atoms with Gasteiger partial charge in [-0.25, -0.2) is 0 Å². The Morgan fingerprint density at radius 1 is 0.619 bits per heavy atom. The zero-order chi connectivity index (χ0) is 14.1. The molecule has 2 heteroatoms. The second-order valence-electron chi connectivity index (χ2n) is 5.13. The van der Waals surface area contributed by atoms with Crippen molar-refractivity contribution in [3.8, 4) is 22.3 Å². The summed E-state index contributed by atoms with van der Waals surface area (Å²) >= 11 is 0. The van der Waals surface area contributed by atoms with Gasteiger partial charge in [-0.2, -0.15) is 5.10 Å². The van der Waals surface area contributed by atoms with E-state index in [-0.39, 0.29) is 0 Å². The maximum atomic E-state index is 4.01. The smallest absolute Gasteiger partial charge is 0.0565 e. The Kier molecular flexibility index (Phi) is 2.79. The van der Waals surface area contributed by atoms with Crippen molar-refractivity contribution in [1.29, 1.82) is 0 Å². The lowest BCUT2D eigenvalue weighted by Gasteiger charge is -2.06. The van der Waals surface area contributed by atoms with E-state index in [1.807, 2.05) is 18.5 Å². The number of aromatic amines is 1. The fourth-order valence-corrected chi connectivity index (χ4v) is 2.64. The largest absolute Gasteiger partial charge is 0.285 e. The highest BCUT2D eigenvalue weighted by Crippen LogP contribution is 2.27. The van der Waals surface area contributed by atoms with E-state index < -0.39 is 0 Å². The van der Waals surface area contributed by atoms with E-state index >= 15 is 0 Å². The Bertz CT molecular complexity index is 878. The molecule has 1 heterocycles. The summed E-state index contributed by atoms with van der Waals surface area (Å²) in [7, 11) is 0. The van der Waals surface area contributed by atoms with E-state index in [0.29, 0.717) is 0 Å². The zero-order valence-electron chi connectivity index (χ0n) is 11.5. The second kappa shape index (κ2) is 4.91. The van der Waals surface area contributed by atoms with E-state index in [0.717, 1.165) is 5.56 Å². The van der Waals surface area contributed by atoms with Gasteiger partial charge in [-0.3, -0.25) is 5.10 Å². The van der Waals surface area contributed by atoms with Crippen LogP contribution < -0.4 is 0 Å². The van der Waals surface area contributed by atoms with Gasteiger partial charge in [0.2, 0.25) is 0 Å². The maximum Gasteiger partial charge on any atom is 0.0565 e. The fourth-order valence-electron chi connectivity index (χ4n) is 2.64. The first-order valence-electron chi connectivity index (χ1n) is 6.98. The minimum absolute atomic E-state index is 1.11. The third-order valence-electron chi connectivity index (χ3n) is 3.78. The van der Waals surface area contributed by atoms with Crippen LogP contribution >= 0.6 is 0 Å². The molecular weight excluding hydrogens is 256 g/mol. The van der Waals surface area contributed by atoms with Gasteiger partial charge in [-0.1, -0.05) is 54.6 Å². The van der Waals surface area contributed by atoms with Gasteiger partial charge in [0.15, 0.2) is 0 Å². The highest BCUT2D eigenvalue weighted by Gasteiger charge is 2.03. The number of rotatable bonds is 2. The van der Waals surface area contributed by atoms with Crippen molar-refractivity contribution in [2.24, 2.45) is 0 Å². The standard InChI is InChI=1S/C19H14N2/c1-2-4-14(5-3-1)15-6-7-17-11-18(9-8-16(17)10-15)19-12-20-21-13-19/h1-13H,(H,20,21). The first-order valence-corrected chi connectivity index (χ1v) is 6.98. The number of fused-ring (bicyclic) bond motifs is 1. The van der Waals surface area contributed by atoms with Gasteiger partial charge in [0.1, 0.15) is 0 Å². The third kappa shape index (κ3) is 2.21. The number of nitrogens with zero attached hydrogens (tertiary/aromatic N) is 1. The lowest BCUT2D eigenvalue weighted by molar-refractivity contribution is 1.09. The summed E-state index contributed by atoms with van der Waals surface area (Å²) in [6.07, 6.45) is 3.76. The van der Waals surface area contributed by atoms with Crippen LogP contribution in [0, 0.1) is 0 Å². The van der Waals surface area contributed by atoms with Crippen LogP contribution in [0.1, 0.15) is 0 Å². The van der Waals surface area contributed by atoms with Crippen LogP contribution in [0.5, 0.6) is 0 Å². The summed E-state index contributed by atoms with van der Waals surface area (Å²) in [5.41, 5.74) is 4.80. The third-order valence-corrected chi connectivity index (χ3v) is 3.78. The number of hydrogen-bond acceptors (Lipinski definition) is 1. The monoisotopic (exact) mass is 270 g/mol. The first-order chi connectivity index (χ1) is 10.4.